The molecule has 1 spiro atoms. The molecule has 0 aliphatic carbocycles. The van der Waals surface area contributed by atoms with E-state index in [-0.39, 0.29) is 11.5 Å². The Balaban J connectivity index is 1.51. The van der Waals surface area contributed by atoms with E-state index in [1.165, 1.54) is 0 Å². The monoisotopic (exact) mass is 347 g/mol. The van der Waals surface area contributed by atoms with Crippen molar-refractivity contribution in [3.8, 4) is 0 Å². The summed E-state index contributed by atoms with van der Waals surface area (Å²) in [6.45, 7) is 7.07. The number of piperidine rings is 1. The SMILES string of the molecule is CCCNc1ncc(CN2CCC3(CC2)CC(=O)N(C)CCO3)cn1. The van der Waals surface area contributed by atoms with Gasteiger partial charge in [-0.25, -0.2) is 9.97 Å². The first kappa shape index (κ1) is 18.1. The number of nitrogens with one attached hydrogen (secondary N) is 1. The normalized spacial score (nSPS) is 21.4. The van der Waals surface area contributed by atoms with Crippen LogP contribution in [-0.4, -0.2) is 71.1 Å². The van der Waals surface area contributed by atoms with Crippen LogP contribution in [0.4, 0.5) is 5.95 Å². The van der Waals surface area contributed by atoms with Gasteiger partial charge >= 0.3 is 0 Å². The van der Waals surface area contributed by atoms with Gasteiger partial charge in [-0.15, -0.1) is 0 Å². The summed E-state index contributed by atoms with van der Waals surface area (Å²) < 4.78 is 6.10. The van der Waals surface area contributed by atoms with E-state index in [9.17, 15) is 4.79 Å². The van der Waals surface area contributed by atoms with Crippen molar-refractivity contribution in [3.63, 3.8) is 0 Å². The Kier molecular flexibility index (Phi) is 5.86. The molecular formula is C18H29N5O2. The lowest BCUT2D eigenvalue weighted by Crippen LogP contribution is -2.46. The lowest BCUT2D eigenvalue weighted by molar-refractivity contribution is -0.134. The molecule has 1 N–H and O–H groups in total. The molecule has 25 heavy (non-hydrogen) atoms. The van der Waals surface area contributed by atoms with E-state index in [0.717, 1.165) is 51.0 Å². The van der Waals surface area contributed by atoms with E-state index in [4.69, 9.17) is 4.74 Å². The van der Waals surface area contributed by atoms with Gasteiger partial charge in [0.05, 0.1) is 18.6 Å². The quantitative estimate of drug-likeness (QED) is 0.871. The summed E-state index contributed by atoms with van der Waals surface area (Å²) in [4.78, 5) is 25.1. The van der Waals surface area contributed by atoms with Gasteiger partial charge in [0, 0.05) is 57.7 Å². The van der Waals surface area contributed by atoms with E-state index >= 15 is 0 Å². The fraction of sp³-hybridized carbons (Fsp3) is 0.722. The second-order valence-electron chi connectivity index (χ2n) is 7.14. The summed E-state index contributed by atoms with van der Waals surface area (Å²) in [5, 5.41) is 3.19. The van der Waals surface area contributed by atoms with Crippen molar-refractivity contribution in [1.29, 1.82) is 0 Å². The molecule has 1 aromatic rings. The van der Waals surface area contributed by atoms with Crippen molar-refractivity contribution >= 4 is 11.9 Å². The highest BCUT2D eigenvalue weighted by molar-refractivity contribution is 5.77. The number of amides is 1. The maximum Gasteiger partial charge on any atom is 0.225 e. The van der Waals surface area contributed by atoms with Crippen LogP contribution in [0.1, 0.15) is 38.2 Å². The average molecular weight is 347 g/mol. The third-order valence-electron chi connectivity index (χ3n) is 5.15. The maximum absolute atomic E-state index is 12.2. The van der Waals surface area contributed by atoms with Gasteiger partial charge in [-0.05, 0) is 19.3 Å². The first-order chi connectivity index (χ1) is 12.1. The topological polar surface area (TPSA) is 70.6 Å². The number of carbonyl (C=O) groups is 1. The Hall–Kier alpha value is -1.73. The minimum Gasteiger partial charge on any atom is -0.373 e. The van der Waals surface area contributed by atoms with Crippen molar-refractivity contribution in [3.05, 3.63) is 18.0 Å². The molecule has 0 unspecified atom stereocenters. The maximum atomic E-state index is 12.2. The summed E-state index contributed by atoms with van der Waals surface area (Å²) in [5.41, 5.74) is 0.860. The Morgan fingerprint density at radius 3 is 2.64 bits per heavy atom. The number of ether oxygens (including phenoxy) is 1. The number of aromatic nitrogens is 2. The van der Waals surface area contributed by atoms with Crippen LogP contribution >= 0.6 is 0 Å². The van der Waals surface area contributed by atoms with Gasteiger partial charge < -0.3 is 15.0 Å². The van der Waals surface area contributed by atoms with Crippen LogP contribution in [0.5, 0.6) is 0 Å². The third kappa shape index (κ3) is 4.67. The smallest absolute Gasteiger partial charge is 0.225 e. The predicted octanol–water partition coefficient (Wildman–Crippen LogP) is 1.51. The zero-order valence-corrected chi connectivity index (χ0v) is 15.3. The Labute approximate surface area is 149 Å². The van der Waals surface area contributed by atoms with E-state index < -0.39 is 0 Å². The Morgan fingerprint density at radius 2 is 1.96 bits per heavy atom. The van der Waals surface area contributed by atoms with Gasteiger partial charge in [-0.1, -0.05) is 6.92 Å². The molecule has 3 heterocycles. The summed E-state index contributed by atoms with van der Waals surface area (Å²) in [7, 11) is 1.86. The number of hydrogen-bond acceptors (Lipinski definition) is 6. The molecule has 0 bridgehead atoms. The lowest BCUT2D eigenvalue weighted by atomic mass is 9.87. The lowest BCUT2D eigenvalue weighted by Gasteiger charge is -2.40. The number of nitrogens with zero attached hydrogens (tertiary/aromatic N) is 4. The second-order valence-corrected chi connectivity index (χ2v) is 7.14. The van der Waals surface area contributed by atoms with Gasteiger partial charge in [0.1, 0.15) is 0 Å². The molecule has 0 atom stereocenters. The molecule has 2 aliphatic rings. The third-order valence-corrected chi connectivity index (χ3v) is 5.15. The molecule has 2 fully saturated rings. The number of likely N-dealkylation sites (tertiary alicyclic amines) is 1. The van der Waals surface area contributed by atoms with Crippen molar-refractivity contribution < 1.29 is 9.53 Å². The molecule has 138 valence electrons. The largest absolute Gasteiger partial charge is 0.373 e. The molecule has 3 rings (SSSR count). The molecule has 2 saturated heterocycles. The number of hydrogen-bond donors (Lipinski definition) is 1. The highest BCUT2D eigenvalue weighted by Crippen LogP contribution is 2.32. The van der Waals surface area contributed by atoms with Gasteiger partial charge in [-0.2, -0.15) is 0 Å². The molecule has 2 aliphatic heterocycles. The van der Waals surface area contributed by atoms with Gasteiger partial charge in [0.2, 0.25) is 11.9 Å². The minimum atomic E-state index is -0.261. The number of anilines is 1. The zero-order chi connectivity index (χ0) is 17.7. The summed E-state index contributed by atoms with van der Waals surface area (Å²) in [6, 6.07) is 0. The number of likely N-dealkylation sites (N-methyl/N-ethyl adjacent to an activating group) is 1. The zero-order valence-electron chi connectivity index (χ0n) is 15.3. The first-order valence-corrected chi connectivity index (χ1v) is 9.25. The highest BCUT2D eigenvalue weighted by atomic mass is 16.5. The van der Waals surface area contributed by atoms with Crippen molar-refractivity contribution in [2.45, 2.75) is 44.8 Å². The number of rotatable bonds is 5. The molecule has 1 aromatic heterocycles. The molecule has 0 saturated carbocycles. The molecular weight excluding hydrogens is 318 g/mol. The molecule has 1 amide bonds. The Bertz CT molecular complexity index is 569. The average Bonchev–Trinajstić information content (AvgIpc) is 2.76. The van der Waals surface area contributed by atoms with Crippen LogP contribution in [0.15, 0.2) is 12.4 Å². The minimum absolute atomic E-state index is 0.203. The van der Waals surface area contributed by atoms with Crippen LogP contribution in [0, 0.1) is 0 Å². The predicted molar refractivity (Wildman–Crippen MR) is 96.3 cm³/mol. The molecule has 7 heteroatoms. The number of carbonyl (C=O) groups excluding carboxylic acids is 1. The molecule has 7 nitrogen and oxygen atoms in total. The van der Waals surface area contributed by atoms with E-state index in [2.05, 4.69) is 27.1 Å². The first-order valence-electron chi connectivity index (χ1n) is 9.25. The Morgan fingerprint density at radius 1 is 1.24 bits per heavy atom. The summed E-state index contributed by atoms with van der Waals surface area (Å²) in [6.07, 6.45) is 7.18. The van der Waals surface area contributed by atoms with Crippen molar-refractivity contribution in [2.75, 3.05) is 45.2 Å². The van der Waals surface area contributed by atoms with E-state index in [0.29, 0.717) is 25.5 Å². The molecule has 0 radical (unpaired) electrons. The van der Waals surface area contributed by atoms with Crippen LogP contribution in [0.3, 0.4) is 0 Å². The summed E-state index contributed by atoms with van der Waals surface area (Å²) in [5.74, 6) is 0.896. The van der Waals surface area contributed by atoms with E-state index in [1.807, 2.05) is 19.4 Å². The van der Waals surface area contributed by atoms with E-state index in [1.54, 1.807) is 4.90 Å². The van der Waals surface area contributed by atoms with Crippen molar-refractivity contribution in [1.82, 2.24) is 19.8 Å². The standard InChI is InChI=1S/C18H29N5O2/c1-3-6-19-17-20-12-15(13-21-17)14-23-7-4-18(5-8-23)11-16(24)22(2)9-10-25-18/h12-13H,3-11,14H2,1-2H3,(H,19,20,21). The summed E-state index contributed by atoms with van der Waals surface area (Å²) >= 11 is 0. The fourth-order valence-electron chi connectivity index (χ4n) is 3.45. The molecule has 0 aromatic carbocycles. The second kappa shape index (κ2) is 8.10. The van der Waals surface area contributed by atoms with Gasteiger partial charge in [0.15, 0.2) is 0 Å². The van der Waals surface area contributed by atoms with Crippen LogP contribution in [0.25, 0.3) is 0 Å². The fourth-order valence-corrected chi connectivity index (χ4v) is 3.45. The van der Waals surface area contributed by atoms with Crippen LogP contribution in [-0.2, 0) is 16.1 Å². The van der Waals surface area contributed by atoms with Gasteiger partial charge in [0.25, 0.3) is 0 Å². The van der Waals surface area contributed by atoms with Crippen molar-refractivity contribution in [2.24, 2.45) is 0 Å². The van der Waals surface area contributed by atoms with Crippen LogP contribution in [0.2, 0.25) is 0 Å². The van der Waals surface area contributed by atoms with Gasteiger partial charge in [-0.3, -0.25) is 9.69 Å². The van der Waals surface area contributed by atoms with Crippen LogP contribution < -0.4 is 5.32 Å². The highest BCUT2D eigenvalue weighted by Gasteiger charge is 2.39.